The van der Waals surface area contributed by atoms with Crippen molar-refractivity contribution in [2.45, 2.75) is 53.0 Å². The third-order valence-corrected chi connectivity index (χ3v) is 6.54. The van der Waals surface area contributed by atoms with E-state index in [0.29, 0.717) is 11.3 Å². The molecule has 4 rings (SSSR count). The number of ketones is 1. The van der Waals surface area contributed by atoms with Gasteiger partial charge < -0.3 is 5.11 Å². The van der Waals surface area contributed by atoms with Crippen LogP contribution in [0.15, 0.2) is 72.3 Å². The molecule has 1 aliphatic heterocycles. The molecule has 1 unspecified atom stereocenters. The van der Waals surface area contributed by atoms with Gasteiger partial charge in [-0.1, -0.05) is 80.9 Å². The van der Waals surface area contributed by atoms with Gasteiger partial charge in [0.25, 0.3) is 11.7 Å². The number of benzene rings is 3. The molecule has 34 heavy (non-hydrogen) atoms. The van der Waals surface area contributed by atoms with Crippen molar-refractivity contribution in [3.63, 3.8) is 0 Å². The number of hydrogen-bond donors (Lipinski definition) is 1. The second-order valence-corrected chi connectivity index (χ2v) is 10.1. The number of carbonyl (C=O) groups excluding carboxylic acids is 2. The summed E-state index contributed by atoms with van der Waals surface area (Å²) in [7, 11) is 0. The highest BCUT2D eigenvalue weighted by Gasteiger charge is 2.47. The molecule has 1 aliphatic rings. The zero-order valence-electron chi connectivity index (χ0n) is 20.6. The summed E-state index contributed by atoms with van der Waals surface area (Å²) in [6.07, 6.45) is 0. The topological polar surface area (TPSA) is 57.6 Å². The number of aliphatic hydroxyl groups is 1. The Morgan fingerprint density at radius 2 is 1.56 bits per heavy atom. The van der Waals surface area contributed by atoms with E-state index in [0.717, 1.165) is 27.8 Å². The van der Waals surface area contributed by atoms with Gasteiger partial charge in [-0.05, 0) is 60.6 Å². The lowest BCUT2D eigenvalue weighted by molar-refractivity contribution is -0.132. The summed E-state index contributed by atoms with van der Waals surface area (Å²) in [6.45, 7) is 12.1. The molecule has 0 aromatic heterocycles. The van der Waals surface area contributed by atoms with E-state index in [1.165, 1.54) is 4.90 Å². The number of nitrogens with zero attached hydrogens (tertiary/aromatic N) is 1. The van der Waals surface area contributed by atoms with Crippen molar-refractivity contribution in [1.29, 1.82) is 0 Å². The van der Waals surface area contributed by atoms with Gasteiger partial charge in [0.1, 0.15) is 5.76 Å². The average Bonchev–Trinajstić information content (AvgIpc) is 3.04. The van der Waals surface area contributed by atoms with Crippen LogP contribution < -0.4 is 4.90 Å². The molecule has 0 saturated carbocycles. The van der Waals surface area contributed by atoms with Gasteiger partial charge in [-0.15, -0.1) is 0 Å². The highest BCUT2D eigenvalue weighted by molar-refractivity contribution is 6.51. The maximum atomic E-state index is 13.5. The van der Waals surface area contributed by atoms with E-state index in [-0.39, 0.29) is 16.7 Å². The quantitative estimate of drug-likeness (QED) is 0.278. The summed E-state index contributed by atoms with van der Waals surface area (Å²) in [5, 5.41) is 11.6. The standard InChI is InChI=1S/C30H31NO3/c1-18-10-9-12-21(16-18)26-25(27(32)23-17-22(30(4,5)6)15-14-19(23)2)28(33)29(34)31(26)24-13-8-7-11-20(24)3/h7-17,26,32H,1-6H3/b27-25+. The van der Waals surface area contributed by atoms with Crippen LogP contribution >= 0.6 is 0 Å². The number of Topliss-reactive ketones (excluding diaryl/α,β-unsaturated/α-hetero) is 1. The molecular formula is C30H31NO3. The number of anilines is 1. The van der Waals surface area contributed by atoms with Gasteiger partial charge >= 0.3 is 0 Å². The molecule has 0 radical (unpaired) electrons. The molecule has 1 atom stereocenters. The third-order valence-electron chi connectivity index (χ3n) is 6.54. The maximum absolute atomic E-state index is 13.5. The van der Waals surface area contributed by atoms with Gasteiger partial charge in [0.05, 0.1) is 11.6 Å². The van der Waals surface area contributed by atoms with Crippen LogP contribution in [0, 0.1) is 20.8 Å². The highest BCUT2D eigenvalue weighted by Crippen LogP contribution is 2.43. The molecule has 1 N–H and O–H groups in total. The van der Waals surface area contributed by atoms with Gasteiger partial charge in [-0.2, -0.15) is 0 Å². The van der Waals surface area contributed by atoms with Crippen molar-refractivity contribution in [3.05, 3.63) is 106 Å². The number of hydrogen-bond acceptors (Lipinski definition) is 3. The fourth-order valence-electron chi connectivity index (χ4n) is 4.56. The number of carbonyl (C=O) groups is 2. The van der Waals surface area contributed by atoms with Crippen LogP contribution in [0.25, 0.3) is 5.76 Å². The Bertz CT molecular complexity index is 1330. The van der Waals surface area contributed by atoms with Crippen LogP contribution in [-0.2, 0) is 15.0 Å². The predicted octanol–water partition coefficient (Wildman–Crippen LogP) is 6.54. The molecule has 1 heterocycles. The Hall–Kier alpha value is -3.66. The second-order valence-electron chi connectivity index (χ2n) is 10.1. The molecule has 174 valence electrons. The Morgan fingerprint density at radius 1 is 0.853 bits per heavy atom. The van der Waals surface area contributed by atoms with Crippen molar-refractivity contribution in [2.75, 3.05) is 4.90 Å². The van der Waals surface area contributed by atoms with E-state index in [1.54, 1.807) is 0 Å². The van der Waals surface area contributed by atoms with E-state index < -0.39 is 17.7 Å². The molecule has 1 amide bonds. The zero-order valence-corrected chi connectivity index (χ0v) is 20.6. The monoisotopic (exact) mass is 453 g/mol. The predicted molar refractivity (Wildman–Crippen MR) is 137 cm³/mol. The Morgan fingerprint density at radius 3 is 2.21 bits per heavy atom. The molecule has 0 aliphatic carbocycles. The third kappa shape index (κ3) is 4.05. The minimum absolute atomic E-state index is 0.119. The van der Waals surface area contributed by atoms with Crippen LogP contribution in [0.1, 0.15) is 60.2 Å². The molecule has 4 nitrogen and oxygen atoms in total. The number of aliphatic hydroxyl groups excluding tert-OH is 1. The molecule has 3 aromatic rings. The Balaban J connectivity index is 2.01. The fraction of sp³-hybridized carbons (Fsp3) is 0.267. The van der Waals surface area contributed by atoms with Crippen molar-refractivity contribution in [3.8, 4) is 0 Å². The van der Waals surface area contributed by atoms with Gasteiger partial charge in [0.15, 0.2) is 0 Å². The van der Waals surface area contributed by atoms with E-state index in [9.17, 15) is 14.7 Å². The van der Waals surface area contributed by atoms with Crippen molar-refractivity contribution < 1.29 is 14.7 Å². The zero-order chi connectivity index (χ0) is 24.8. The largest absolute Gasteiger partial charge is 0.507 e. The first kappa shape index (κ1) is 23.5. The summed E-state index contributed by atoms with van der Waals surface area (Å²) in [6, 6.07) is 20.5. The highest BCUT2D eigenvalue weighted by atomic mass is 16.3. The molecule has 3 aromatic carbocycles. The number of para-hydroxylation sites is 1. The lowest BCUT2D eigenvalue weighted by Gasteiger charge is -2.27. The molecule has 1 fully saturated rings. The average molecular weight is 454 g/mol. The van der Waals surface area contributed by atoms with E-state index >= 15 is 0 Å². The molecule has 1 saturated heterocycles. The first-order chi connectivity index (χ1) is 16.0. The summed E-state index contributed by atoms with van der Waals surface area (Å²) in [5.41, 5.74) is 5.79. The summed E-state index contributed by atoms with van der Waals surface area (Å²) >= 11 is 0. The van der Waals surface area contributed by atoms with Crippen molar-refractivity contribution in [1.82, 2.24) is 0 Å². The molecule has 4 heteroatoms. The SMILES string of the molecule is Cc1cccc(C2/C(=C(\O)c3cc(C(C)(C)C)ccc3C)C(=O)C(=O)N2c2ccccc2C)c1. The normalized spacial score (nSPS) is 17.9. The van der Waals surface area contributed by atoms with Crippen molar-refractivity contribution in [2.24, 2.45) is 0 Å². The number of aryl methyl sites for hydroxylation is 3. The van der Waals surface area contributed by atoms with Crippen molar-refractivity contribution >= 4 is 23.1 Å². The smallest absolute Gasteiger partial charge is 0.300 e. The van der Waals surface area contributed by atoms with E-state index in [1.807, 2.05) is 87.5 Å². The first-order valence-electron chi connectivity index (χ1n) is 11.6. The summed E-state index contributed by atoms with van der Waals surface area (Å²) in [5.74, 6) is -1.44. The lowest BCUT2D eigenvalue weighted by Crippen LogP contribution is -2.30. The fourth-order valence-corrected chi connectivity index (χ4v) is 4.56. The van der Waals surface area contributed by atoms with Crippen LogP contribution in [-0.4, -0.2) is 16.8 Å². The number of rotatable bonds is 3. The summed E-state index contributed by atoms with van der Waals surface area (Å²) in [4.78, 5) is 28.4. The van der Waals surface area contributed by atoms with Gasteiger partial charge in [0.2, 0.25) is 0 Å². The molecule has 0 spiro atoms. The minimum atomic E-state index is -0.723. The molecule has 0 bridgehead atoms. The minimum Gasteiger partial charge on any atom is -0.507 e. The first-order valence-corrected chi connectivity index (χ1v) is 11.6. The molecular weight excluding hydrogens is 422 g/mol. The Labute approximate surface area is 201 Å². The second kappa shape index (κ2) is 8.60. The Kier molecular flexibility index (Phi) is 5.94. The van der Waals surface area contributed by atoms with Crippen LogP contribution in [0.2, 0.25) is 0 Å². The van der Waals surface area contributed by atoms with Crippen LogP contribution in [0.4, 0.5) is 5.69 Å². The van der Waals surface area contributed by atoms with Crippen LogP contribution in [0.5, 0.6) is 0 Å². The van der Waals surface area contributed by atoms with Gasteiger partial charge in [-0.25, -0.2) is 0 Å². The van der Waals surface area contributed by atoms with E-state index in [4.69, 9.17) is 0 Å². The van der Waals surface area contributed by atoms with Gasteiger partial charge in [0, 0.05) is 11.3 Å². The van der Waals surface area contributed by atoms with E-state index in [2.05, 4.69) is 20.8 Å². The van der Waals surface area contributed by atoms with Gasteiger partial charge in [-0.3, -0.25) is 14.5 Å². The lowest BCUT2D eigenvalue weighted by atomic mass is 9.84. The maximum Gasteiger partial charge on any atom is 0.300 e. The number of amides is 1. The summed E-state index contributed by atoms with van der Waals surface area (Å²) < 4.78 is 0. The van der Waals surface area contributed by atoms with Crippen LogP contribution in [0.3, 0.4) is 0 Å².